The first kappa shape index (κ1) is 9.96. The van der Waals surface area contributed by atoms with Gasteiger partial charge >= 0.3 is 0 Å². The summed E-state index contributed by atoms with van der Waals surface area (Å²) in [5, 5.41) is 12.3. The van der Waals surface area contributed by atoms with E-state index < -0.39 is 0 Å². The number of nitrogens with one attached hydrogen (secondary N) is 1. The smallest absolute Gasteiger partial charge is 0.0589 e. The third kappa shape index (κ3) is 1.65. The van der Waals surface area contributed by atoms with Crippen molar-refractivity contribution in [3.63, 3.8) is 0 Å². The van der Waals surface area contributed by atoms with Crippen molar-refractivity contribution in [3.05, 3.63) is 28.2 Å². The number of hydrogen-bond donors (Lipinski definition) is 3. The second kappa shape index (κ2) is 3.88. The summed E-state index contributed by atoms with van der Waals surface area (Å²) < 4.78 is 1.05. The molecule has 3 nitrogen and oxygen atoms in total. The van der Waals surface area contributed by atoms with Crippen LogP contribution in [0.4, 0.5) is 5.69 Å². The molecular weight excluding hydrogens is 244 g/mol. The maximum Gasteiger partial charge on any atom is 0.0589 e. The molecule has 0 aliphatic carbocycles. The van der Waals surface area contributed by atoms with Crippen LogP contribution in [0.15, 0.2) is 22.7 Å². The molecule has 0 fully saturated rings. The van der Waals surface area contributed by atoms with E-state index in [-0.39, 0.29) is 18.6 Å². The summed E-state index contributed by atoms with van der Waals surface area (Å²) in [5.41, 5.74) is 8.16. The summed E-state index contributed by atoms with van der Waals surface area (Å²) in [5.74, 6) is 0.215. The first-order chi connectivity index (χ1) is 6.72. The Morgan fingerprint density at radius 2 is 2.43 bits per heavy atom. The molecular formula is C10H13BrN2O. The SMILES string of the molecule is NC(CO)C1CNc2ccc(Br)cc21. The summed E-state index contributed by atoms with van der Waals surface area (Å²) in [6, 6.07) is 5.91. The Labute approximate surface area is 91.4 Å². The van der Waals surface area contributed by atoms with Crippen molar-refractivity contribution in [2.45, 2.75) is 12.0 Å². The number of hydrogen-bond acceptors (Lipinski definition) is 3. The van der Waals surface area contributed by atoms with Crippen LogP contribution in [0.1, 0.15) is 11.5 Å². The third-order valence-corrected chi connectivity index (χ3v) is 3.15. The molecule has 4 heteroatoms. The lowest BCUT2D eigenvalue weighted by Gasteiger charge is -2.16. The highest BCUT2D eigenvalue weighted by Crippen LogP contribution is 2.34. The Kier molecular flexibility index (Phi) is 2.76. The van der Waals surface area contributed by atoms with Gasteiger partial charge in [0.25, 0.3) is 0 Å². The van der Waals surface area contributed by atoms with E-state index in [1.54, 1.807) is 0 Å². The van der Waals surface area contributed by atoms with Crippen molar-refractivity contribution < 1.29 is 5.11 Å². The molecule has 1 aromatic carbocycles. The average molecular weight is 257 g/mol. The quantitative estimate of drug-likeness (QED) is 0.748. The fourth-order valence-electron chi connectivity index (χ4n) is 1.84. The van der Waals surface area contributed by atoms with Crippen LogP contribution in [0.25, 0.3) is 0 Å². The minimum Gasteiger partial charge on any atom is -0.395 e. The molecule has 2 unspecified atom stereocenters. The maximum absolute atomic E-state index is 9.03. The van der Waals surface area contributed by atoms with Gasteiger partial charge in [0, 0.05) is 28.7 Å². The minimum atomic E-state index is -0.182. The molecule has 0 saturated heterocycles. The van der Waals surface area contributed by atoms with Gasteiger partial charge in [-0.25, -0.2) is 0 Å². The van der Waals surface area contributed by atoms with Crippen molar-refractivity contribution >= 4 is 21.6 Å². The summed E-state index contributed by atoms with van der Waals surface area (Å²) in [7, 11) is 0. The van der Waals surface area contributed by atoms with Gasteiger partial charge in [-0.05, 0) is 23.8 Å². The third-order valence-electron chi connectivity index (χ3n) is 2.65. The van der Waals surface area contributed by atoms with Gasteiger partial charge in [-0.2, -0.15) is 0 Å². The topological polar surface area (TPSA) is 58.3 Å². The monoisotopic (exact) mass is 256 g/mol. The average Bonchev–Trinajstić information content (AvgIpc) is 2.59. The molecule has 0 spiro atoms. The lowest BCUT2D eigenvalue weighted by atomic mass is 9.94. The molecule has 14 heavy (non-hydrogen) atoms. The van der Waals surface area contributed by atoms with Crippen molar-refractivity contribution in [2.75, 3.05) is 18.5 Å². The molecule has 1 aliphatic rings. The van der Waals surface area contributed by atoms with E-state index in [1.165, 1.54) is 5.56 Å². The van der Waals surface area contributed by atoms with E-state index in [4.69, 9.17) is 10.8 Å². The molecule has 4 N–H and O–H groups in total. The number of fused-ring (bicyclic) bond motifs is 1. The molecule has 1 aromatic rings. The summed E-state index contributed by atoms with van der Waals surface area (Å²) in [6.45, 7) is 0.839. The van der Waals surface area contributed by atoms with Crippen molar-refractivity contribution in [1.29, 1.82) is 0 Å². The largest absolute Gasteiger partial charge is 0.395 e. The van der Waals surface area contributed by atoms with Crippen LogP contribution in [0.3, 0.4) is 0 Å². The Morgan fingerprint density at radius 3 is 3.14 bits per heavy atom. The molecule has 0 bridgehead atoms. The van der Waals surface area contributed by atoms with Crippen LogP contribution in [-0.4, -0.2) is 24.3 Å². The molecule has 0 aromatic heterocycles. The molecule has 2 rings (SSSR count). The van der Waals surface area contributed by atoms with Gasteiger partial charge in [0.15, 0.2) is 0 Å². The first-order valence-electron chi connectivity index (χ1n) is 4.62. The van der Waals surface area contributed by atoms with E-state index >= 15 is 0 Å². The van der Waals surface area contributed by atoms with Crippen LogP contribution in [0.2, 0.25) is 0 Å². The predicted octanol–water partition coefficient (Wildman–Crippen LogP) is 1.28. The van der Waals surface area contributed by atoms with Crippen LogP contribution in [0, 0.1) is 0 Å². The van der Waals surface area contributed by atoms with E-state index in [0.29, 0.717) is 0 Å². The Hall–Kier alpha value is -0.580. The normalized spacial score (nSPS) is 21.5. The van der Waals surface area contributed by atoms with Gasteiger partial charge in [-0.3, -0.25) is 0 Å². The minimum absolute atomic E-state index is 0.0261. The van der Waals surface area contributed by atoms with E-state index in [9.17, 15) is 0 Å². The molecule has 2 atom stereocenters. The number of anilines is 1. The second-order valence-corrected chi connectivity index (χ2v) is 4.48. The second-order valence-electron chi connectivity index (χ2n) is 3.57. The Bertz CT molecular complexity index is 343. The van der Waals surface area contributed by atoms with Gasteiger partial charge in [0.2, 0.25) is 0 Å². The van der Waals surface area contributed by atoms with Gasteiger partial charge in [0.1, 0.15) is 0 Å². The zero-order valence-electron chi connectivity index (χ0n) is 7.70. The van der Waals surface area contributed by atoms with Crippen LogP contribution >= 0.6 is 15.9 Å². The van der Waals surface area contributed by atoms with E-state index in [0.717, 1.165) is 16.7 Å². The molecule has 76 valence electrons. The lowest BCUT2D eigenvalue weighted by molar-refractivity contribution is 0.252. The van der Waals surface area contributed by atoms with Crippen molar-refractivity contribution in [1.82, 2.24) is 0 Å². The van der Waals surface area contributed by atoms with Gasteiger partial charge in [-0.15, -0.1) is 0 Å². The highest BCUT2D eigenvalue weighted by atomic mass is 79.9. The molecule has 1 aliphatic heterocycles. The number of aliphatic hydroxyl groups is 1. The lowest BCUT2D eigenvalue weighted by Crippen LogP contribution is -2.33. The molecule has 1 heterocycles. The van der Waals surface area contributed by atoms with Gasteiger partial charge < -0.3 is 16.2 Å². The van der Waals surface area contributed by atoms with E-state index in [1.807, 2.05) is 12.1 Å². The standard InChI is InChI=1S/C10H13BrN2O/c11-6-1-2-10-7(3-6)8(4-13-10)9(12)5-14/h1-3,8-9,13-14H,4-5,12H2. The fourth-order valence-corrected chi connectivity index (χ4v) is 2.22. The van der Waals surface area contributed by atoms with Crippen LogP contribution in [0.5, 0.6) is 0 Å². The first-order valence-corrected chi connectivity index (χ1v) is 5.41. The van der Waals surface area contributed by atoms with Crippen molar-refractivity contribution in [3.8, 4) is 0 Å². The predicted molar refractivity (Wildman–Crippen MR) is 60.4 cm³/mol. The Balaban J connectivity index is 2.33. The number of halogens is 1. The number of aliphatic hydroxyl groups excluding tert-OH is 1. The Morgan fingerprint density at radius 1 is 1.64 bits per heavy atom. The van der Waals surface area contributed by atoms with Crippen LogP contribution in [-0.2, 0) is 0 Å². The number of benzene rings is 1. The summed E-state index contributed by atoms with van der Waals surface area (Å²) in [4.78, 5) is 0. The zero-order chi connectivity index (χ0) is 10.1. The zero-order valence-corrected chi connectivity index (χ0v) is 9.29. The number of rotatable bonds is 2. The highest BCUT2D eigenvalue weighted by Gasteiger charge is 2.26. The van der Waals surface area contributed by atoms with Gasteiger partial charge in [-0.1, -0.05) is 15.9 Å². The van der Waals surface area contributed by atoms with Gasteiger partial charge in [0.05, 0.1) is 6.61 Å². The van der Waals surface area contributed by atoms with Crippen LogP contribution < -0.4 is 11.1 Å². The summed E-state index contributed by atoms with van der Waals surface area (Å²) >= 11 is 3.43. The summed E-state index contributed by atoms with van der Waals surface area (Å²) in [6.07, 6.45) is 0. The molecule has 0 amide bonds. The maximum atomic E-state index is 9.03. The molecule has 0 radical (unpaired) electrons. The fraction of sp³-hybridized carbons (Fsp3) is 0.400. The highest BCUT2D eigenvalue weighted by molar-refractivity contribution is 9.10. The van der Waals surface area contributed by atoms with Crippen molar-refractivity contribution in [2.24, 2.45) is 5.73 Å². The number of nitrogens with two attached hydrogens (primary N) is 1. The van der Waals surface area contributed by atoms with E-state index in [2.05, 4.69) is 27.3 Å². The molecule has 0 saturated carbocycles.